The second-order valence-corrected chi connectivity index (χ2v) is 6.53. The lowest BCUT2D eigenvalue weighted by Gasteiger charge is -2.09. The van der Waals surface area contributed by atoms with Crippen molar-refractivity contribution in [3.8, 4) is 17.2 Å². The number of esters is 1. The molecule has 0 aliphatic rings. The quantitative estimate of drug-likeness (QED) is 0.183. The Hall–Kier alpha value is -4.73. The van der Waals surface area contributed by atoms with Crippen LogP contribution in [0.5, 0.6) is 17.2 Å². The molecule has 0 spiro atoms. The van der Waals surface area contributed by atoms with E-state index in [1.807, 2.05) is 0 Å². The molecule has 33 heavy (non-hydrogen) atoms. The van der Waals surface area contributed by atoms with Gasteiger partial charge in [-0.05, 0) is 60.2 Å². The van der Waals surface area contributed by atoms with Crippen LogP contribution in [-0.4, -0.2) is 37.2 Å². The van der Waals surface area contributed by atoms with Crippen molar-refractivity contribution < 1.29 is 28.7 Å². The number of nitrogens with one attached hydrogen (secondary N) is 1. The molecule has 3 aromatic carbocycles. The van der Waals surface area contributed by atoms with Gasteiger partial charge in [0.25, 0.3) is 11.6 Å². The number of non-ortho nitro benzene ring substituents is 1. The van der Waals surface area contributed by atoms with Crippen LogP contribution in [0.15, 0.2) is 71.8 Å². The first-order valence-corrected chi connectivity index (χ1v) is 9.53. The van der Waals surface area contributed by atoms with Crippen LogP contribution in [0.2, 0.25) is 0 Å². The molecule has 0 unspecified atom stereocenters. The predicted molar refractivity (Wildman–Crippen MR) is 119 cm³/mol. The van der Waals surface area contributed by atoms with E-state index in [0.29, 0.717) is 28.4 Å². The van der Waals surface area contributed by atoms with Crippen LogP contribution in [-0.2, 0) is 0 Å². The molecule has 168 valence electrons. The highest BCUT2D eigenvalue weighted by atomic mass is 16.6. The second kappa shape index (κ2) is 10.5. The molecule has 1 amide bonds. The molecular weight excluding hydrogens is 430 g/mol. The van der Waals surface area contributed by atoms with Gasteiger partial charge in [0.05, 0.1) is 30.9 Å². The molecule has 0 saturated heterocycles. The van der Waals surface area contributed by atoms with Crippen molar-refractivity contribution in [2.45, 2.75) is 0 Å². The fraction of sp³-hybridized carbons (Fsp3) is 0.0870. The summed E-state index contributed by atoms with van der Waals surface area (Å²) in [5.74, 6) is 0.156. The van der Waals surface area contributed by atoms with E-state index in [1.54, 1.807) is 36.4 Å². The Kier molecular flexibility index (Phi) is 7.32. The van der Waals surface area contributed by atoms with E-state index in [0.717, 1.165) is 0 Å². The van der Waals surface area contributed by atoms with Crippen LogP contribution >= 0.6 is 0 Å². The highest BCUT2D eigenvalue weighted by molar-refractivity contribution is 5.95. The summed E-state index contributed by atoms with van der Waals surface area (Å²) in [4.78, 5) is 34.5. The fourth-order valence-corrected chi connectivity index (χ4v) is 2.72. The Labute approximate surface area is 188 Å². The number of amides is 1. The van der Waals surface area contributed by atoms with Crippen LogP contribution < -0.4 is 19.6 Å². The Morgan fingerprint density at radius 1 is 0.909 bits per heavy atom. The zero-order valence-electron chi connectivity index (χ0n) is 17.7. The van der Waals surface area contributed by atoms with Crippen LogP contribution in [0.4, 0.5) is 5.69 Å². The number of nitro benzene ring substituents is 1. The molecule has 10 heteroatoms. The minimum Gasteiger partial charge on any atom is -0.493 e. The van der Waals surface area contributed by atoms with Gasteiger partial charge in [0.15, 0.2) is 11.5 Å². The smallest absolute Gasteiger partial charge is 0.343 e. The molecule has 0 radical (unpaired) electrons. The van der Waals surface area contributed by atoms with E-state index >= 15 is 0 Å². The van der Waals surface area contributed by atoms with Gasteiger partial charge in [0.2, 0.25) is 0 Å². The van der Waals surface area contributed by atoms with E-state index < -0.39 is 16.8 Å². The lowest BCUT2D eigenvalue weighted by atomic mass is 10.2. The molecule has 3 aromatic rings. The summed E-state index contributed by atoms with van der Waals surface area (Å²) >= 11 is 0. The first kappa shape index (κ1) is 22.9. The Bertz CT molecular complexity index is 1190. The Balaban J connectivity index is 1.57. The summed E-state index contributed by atoms with van der Waals surface area (Å²) in [6, 6.07) is 16.3. The number of nitro groups is 1. The standard InChI is InChI=1S/C23H19N3O7/c1-31-20-12-7-17(13-21(20)32-2)23(28)33-19-10-3-15(4-11-19)14-24-25-22(27)16-5-8-18(9-6-16)26(29)30/h3-14H,1-2H3,(H,25,27)/b24-14-. The number of hydrazone groups is 1. The van der Waals surface area contributed by atoms with E-state index in [4.69, 9.17) is 14.2 Å². The molecule has 0 aliphatic carbocycles. The molecule has 0 atom stereocenters. The van der Waals surface area contributed by atoms with Crippen molar-refractivity contribution >= 4 is 23.8 Å². The molecule has 0 aliphatic heterocycles. The average Bonchev–Trinajstić information content (AvgIpc) is 2.84. The lowest BCUT2D eigenvalue weighted by molar-refractivity contribution is -0.384. The molecule has 0 heterocycles. The lowest BCUT2D eigenvalue weighted by Crippen LogP contribution is -2.17. The van der Waals surface area contributed by atoms with Crippen LogP contribution in [0, 0.1) is 10.1 Å². The first-order chi connectivity index (χ1) is 15.9. The zero-order chi connectivity index (χ0) is 23.8. The van der Waals surface area contributed by atoms with E-state index in [-0.39, 0.29) is 11.3 Å². The molecular formula is C23H19N3O7. The monoisotopic (exact) mass is 449 g/mol. The number of hydrogen-bond acceptors (Lipinski definition) is 8. The largest absolute Gasteiger partial charge is 0.493 e. The third kappa shape index (κ3) is 5.91. The highest BCUT2D eigenvalue weighted by Crippen LogP contribution is 2.28. The van der Waals surface area contributed by atoms with E-state index in [9.17, 15) is 19.7 Å². The Morgan fingerprint density at radius 2 is 1.55 bits per heavy atom. The molecule has 10 nitrogen and oxygen atoms in total. The van der Waals surface area contributed by atoms with Gasteiger partial charge >= 0.3 is 5.97 Å². The summed E-state index contributed by atoms with van der Waals surface area (Å²) < 4.78 is 15.7. The van der Waals surface area contributed by atoms with Crippen molar-refractivity contribution in [3.63, 3.8) is 0 Å². The molecule has 0 bridgehead atoms. The number of carbonyl (C=O) groups is 2. The molecule has 0 aromatic heterocycles. The maximum atomic E-state index is 12.4. The number of ether oxygens (including phenoxy) is 3. The maximum absolute atomic E-state index is 12.4. The molecule has 0 saturated carbocycles. The Morgan fingerprint density at radius 3 is 2.15 bits per heavy atom. The van der Waals surface area contributed by atoms with Crippen molar-refractivity contribution in [2.24, 2.45) is 5.10 Å². The summed E-state index contributed by atoms with van der Waals surface area (Å²) in [6.07, 6.45) is 1.41. The minimum absolute atomic E-state index is 0.109. The number of carbonyl (C=O) groups excluding carboxylic acids is 2. The molecule has 1 N–H and O–H groups in total. The molecule has 0 fully saturated rings. The van der Waals surface area contributed by atoms with Crippen molar-refractivity contribution in [1.82, 2.24) is 5.43 Å². The second-order valence-electron chi connectivity index (χ2n) is 6.53. The summed E-state index contributed by atoms with van der Waals surface area (Å²) in [5.41, 5.74) is 3.40. The van der Waals surface area contributed by atoms with Gasteiger partial charge in [-0.1, -0.05) is 0 Å². The summed E-state index contributed by atoms with van der Waals surface area (Å²) in [7, 11) is 2.98. The van der Waals surface area contributed by atoms with E-state index in [1.165, 1.54) is 50.8 Å². The number of benzene rings is 3. The SMILES string of the molecule is COc1ccc(C(=O)Oc2ccc(/C=N\NC(=O)c3ccc([N+](=O)[O-])cc3)cc2)cc1OC. The normalized spacial score (nSPS) is 10.5. The van der Waals surface area contributed by atoms with Gasteiger partial charge in [0.1, 0.15) is 5.75 Å². The summed E-state index contributed by atoms with van der Waals surface area (Å²) in [5, 5.41) is 14.5. The number of rotatable bonds is 8. The van der Waals surface area contributed by atoms with Gasteiger partial charge < -0.3 is 14.2 Å². The highest BCUT2D eigenvalue weighted by Gasteiger charge is 2.13. The van der Waals surface area contributed by atoms with Gasteiger partial charge in [-0.15, -0.1) is 0 Å². The van der Waals surface area contributed by atoms with Crippen molar-refractivity contribution in [2.75, 3.05) is 14.2 Å². The number of hydrogen-bond donors (Lipinski definition) is 1. The zero-order valence-corrected chi connectivity index (χ0v) is 17.7. The minimum atomic E-state index is -0.562. The van der Waals surface area contributed by atoms with Crippen molar-refractivity contribution in [3.05, 3.63) is 93.5 Å². The molecule has 3 rings (SSSR count). The fourth-order valence-electron chi connectivity index (χ4n) is 2.72. The maximum Gasteiger partial charge on any atom is 0.343 e. The topological polar surface area (TPSA) is 129 Å². The third-order valence-corrected chi connectivity index (χ3v) is 4.43. The van der Waals surface area contributed by atoms with Gasteiger partial charge in [-0.25, -0.2) is 10.2 Å². The van der Waals surface area contributed by atoms with E-state index in [2.05, 4.69) is 10.5 Å². The van der Waals surface area contributed by atoms with Crippen LogP contribution in [0.3, 0.4) is 0 Å². The third-order valence-electron chi connectivity index (χ3n) is 4.43. The number of methoxy groups -OCH3 is 2. The van der Waals surface area contributed by atoms with Gasteiger partial charge in [0, 0.05) is 17.7 Å². The summed E-state index contributed by atoms with van der Waals surface area (Å²) in [6.45, 7) is 0. The predicted octanol–water partition coefficient (Wildman–Crippen LogP) is 3.60. The van der Waals surface area contributed by atoms with Gasteiger partial charge in [-0.2, -0.15) is 5.10 Å². The van der Waals surface area contributed by atoms with Crippen LogP contribution in [0.25, 0.3) is 0 Å². The number of nitrogens with zero attached hydrogens (tertiary/aromatic N) is 2. The average molecular weight is 449 g/mol. The first-order valence-electron chi connectivity index (χ1n) is 9.53. The van der Waals surface area contributed by atoms with Gasteiger partial charge in [-0.3, -0.25) is 14.9 Å². The van der Waals surface area contributed by atoms with Crippen molar-refractivity contribution in [1.29, 1.82) is 0 Å². The van der Waals surface area contributed by atoms with Crippen LogP contribution in [0.1, 0.15) is 26.3 Å².